The van der Waals surface area contributed by atoms with E-state index in [1.807, 2.05) is 39.0 Å². The van der Waals surface area contributed by atoms with Crippen LogP contribution in [0.4, 0.5) is 5.69 Å². The number of rotatable bonds is 1. The fourth-order valence-electron chi connectivity index (χ4n) is 5.02. The van der Waals surface area contributed by atoms with Crippen LogP contribution in [0.5, 0.6) is 0 Å². The lowest BCUT2D eigenvalue weighted by Crippen LogP contribution is -2.51. The maximum absolute atomic E-state index is 13.5. The first-order chi connectivity index (χ1) is 12.4. The Hall–Kier alpha value is -1.98. The van der Waals surface area contributed by atoms with E-state index in [1.54, 1.807) is 0 Å². The number of anilines is 1. The molecule has 5 heteroatoms. The predicted molar refractivity (Wildman–Crippen MR) is 96.6 cm³/mol. The molecule has 3 saturated heterocycles. The van der Waals surface area contributed by atoms with Crippen molar-refractivity contribution in [2.24, 2.45) is 17.3 Å². The zero-order valence-electron chi connectivity index (χ0n) is 15.2. The average molecular weight is 353 g/mol. The van der Waals surface area contributed by atoms with Crippen LogP contribution < -0.4 is 4.90 Å². The topological polar surface area (TPSA) is 55.8 Å². The van der Waals surface area contributed by atoms with Crippen LogP contribution in [0, 0.1) is 17.3 Å². The van der Waals surface area contributed by atoms with E-state index in [-0.39, 0.29) is 41.6 Å². The summed E-state index contributed by atoms with van der Waals surface area (Å²) in [6, 6.07) is 7.59. The van der Waals surface area contributed by atoms with E-state index in [2.05, 4.69) is 23.1 Å². The van der Waals surface area contributed by atoms with E-state index < -0.39 is 11.7 Å². The summed E-state index contributed by atoms with van der Waals surface area (Å²) in [6.45, 7) is 6.23. The van der Waals surface area contributed by atoms with Crippen LogP contribution in [-0.2, 0) is 19.1 Å². The second kappa shape index (κ2) is 5.27. The zero-order valence-corrected chi connectivity index (χ0v) is 15.2. The number of ether oxygens (including phenoxy) is 2. The fraction of sp³-hybridized carbons (Fsp3) is 0.524. The van der Waals surface area contributed by atoms with Crippen LogP contribution in [-0.4, -0.2) is 42.7 Å². The molecule has 1 aromatic rings. The SMILES string of the molecule is CC(C)(C)C(=O)[C@@H]1[C@H]2[C@H](C(=O)[C@@H]3OC[C@@H]2O3)[C@@H]2C=Cc3ccccc3N12. The smallest absolute Gasteiger partial charge is 0.218 e. The van der Waals surface area contributed by atoms with Gasteiger partial charge in [-0.15, -0.1) is 0 Å². The van der Waals surface area contributed by atoms with Crippen molar-refractivity contribution in [1.29, 1.82) is 0 Å². The second-order valence-corrected chi connectivity index (χ2v) is 8.72. The molecule has 136 valence electrons. The first-order valence-corrected chi connectivity index (χ1v) is 9.28. The van der Waals surface area contributed by atoms with E-state index >= 15 is 0 Å². The van der Waals surface area contributed by atoms with Crippen LogP contribution in [0.3, 0.4) is 0 Å². The third-order valence-corrected chi connectivity index (χ3v) is 6.16. The Balaban J connectivity index is 1.69. The van der Waals surface area contributed by atoms with Crippen molar-refractivity contribution in [3.8, 4) is 0 Å². The Labute approximate surface area is 153 Å². The molecule has 0 aliphatic carbocycles. The predicted octanol–water partition coefficient (Wildman–Crippen LogP) is 2.44. The molecule has 5 rings (SSSR count). The summed E-state index contributed by atoms with van der Waals surface area (Å²) in [4.78, 5) is 28.7. The number of para-hydroxylation sites is 1. The molecule has 3 fully saturated rings. The molecule has 0 amide bonds. The zero-order chi connectivity index (χ0) is 18.2. The largest absolute Gasteiger partial charge is 0.353 e. The molecule has 5 nitrogen and oxygen atoms in total. The molecule has 1 aromatic carbocycles. The van der Waals surface area contributed by atoms with Gasteiger partial charge in [-0.3, -0.25) is 9.59 Å². The van der Waals surface area contributed by atoms with E-state index in [0.29, 0.717) is 6.61 Å². The fourth-order valence-corrected chi connectivity index (χ4v) is 5.02. The third-order valence-electron chi connectivity index (χ3n) is 6.16. The Kier molecular flexibility index (Phi) is 3.29. The summed E-state index contributed by atoms with van der Waals surface area (Å²) in [7, 11) is 0. The van der Waals surface area contributed by atoms with Crippen LogP contribution >= 0.6 is 0 Å². The van der Waals surface area contributed by atoms with E-state index in [1.165, 1.54) is 0 Å². The van der Waals surface area contributed by atoms with Crippen molar-refractivity contribution >= 4 is 23.3 Å². The summed E-state index contributed by atoms with van der Waals surface area (Å²) in [5.41, 5.74) is 1.62. The lowest BCUT2D eigenvalue weighted by molar-refractivity contribution is -0.164. The van der Waals surface area contributed by atoms with Gasteiger partial charge in [0.05, 0.1) is 30.7 Å². The Morgan fingerprint density at radius 2 is 2.00 bits per heavy atom. The van der Waals surface area contributed by atoms with Gasteiger partial charge in [0, 0.05) is 17.0 Å². The van der Waals surface area contributed by atoms with Crippen LogP contribution in [0.15, 0.2) is 30.3 Å². The maximum atomic E-state index is 13.5. The van der Waals surface area contributed by atoms with Crippen LogP contribution in [0.2, 0.25) is 0 Å². The number of hydrogen-bond donors (Lipinski definition) is 0. The third kappa shape index (κ3) is 2.04. The van der Waals surface area contributed by atoms with E-state index in [0.717, 1.165) is 11.3 Å². The first kappa shape index (κ1) is 16.2. The highest BCUT2D eigenvalue weighted by Crippen LogP contribution is 2.51. The molecule has 6 atom stereocenters. The molecule has 0 saturated carbocycles. The summed E-state index contributed by atoms with van der Waals surface area (Å²) < 4.78 is 11.4. The van der Waals surface area contributed by atoms with Gasteiger partial charge in [0.2, 0.25) is 6.29 Å². The molecular formula is C21H23NO4. The van der Waals surface area contributed by atoms with Gasteiger partial charge >= 0.3 is 0 Å². The van der Waals surface area contributed by atoms with E-state index in [9.17, 15) is 9.59 Å². The minimum Gasteiger partial charge on any atom is -0.353 e. The monoisotopic (exact) mass is 353 g/mol. The molecule has 4 aliphatic heterocycles. The Bertz CT molecular complexity index is 824. The highest BCUT2D eigenvalue weighted by Gasteiger charge is 2.64. The van der Waals surface area contributed by atoms with Gasteiger partial charge in [0.1, 0.15) is 0 Å². The lowest BCUT2D eigenvalue weighted by atomic mass is 9.74. The number of benzene rings is 1. The normalized spacial score (nSPS) is 37.3. The average Bonchev–Trinajstić information content (AvgIpc) is 3.19. The number of carbonyl (C=O) groups is 2. The number of carbonyl (C=O) groups excluding carboxylic acids is 2. The van der Waals surface area contributed by atoms with Gasteiger partial charge in [0.25, 0.3) is 0 Å². The van der Waals surface area contributed by atoms with Gasteiger partial charge in [-0.25, -0.2) is 0 Å². The number of nitrogens with zero attached hydrogens (tertiary/aromatic N) is 1. The van der Waals surface area contributed by atoms with Crippen LogP contribution in [0.25, 0.3) is 6.08 Å². The first-order valence-electron chi connectivity index (χ1n) is 9.28. The minimum atomic E-state index is -0.767. The van der Waals surface area contributed by atoms with Crippen molar-refractivity contribution in [2.45, 2.75) is 45.2 Å². The van der Waals surface area contributed by atoms with Crippen molar-refractivity contribution in [1.82, 2.24) is 0 Å². The number of ketones is 2. The molecule has 4 heterocycles. The van der Waals surface area contributed by atoms with Gasteiger partial charge in [-0.1, -0.05) is 51.1 Å². The van der Waals surface area contributed by atoms with Crippen LogP contribution in [0.1, 0.15) is 26.3 Å². The summed E-state index contributed by atoms with van der Waals surface area (Å²) in [5, 5.41) is 0. The molecule has 0 aromatic heterocycles. The standard InChI is InChI=1S/C21H23NO4/c1-21(2,3)19(24)17-16-14-10-25-20(26-14)18(23)15(16)13-9-8-11-6-4-5-7-12(11)22(13)17/h4-9,13-17,20H,10H2,1-3H3/t13-,14-,15+,16+,17-,20+/m0/s1. The second-order valence-electron chi connectivity index (χ2n) is 8.72. The van der Waals surface area contributed by atoms with E-state index in [4.69, 9.17) is 9.47 Å². The number of Topliss-reactive ketones (excluding diaryl/α,β-unsaturated/α-hetero) is 2. The van der Waals surface area contributed by atoms with Crippen molar-refractivity contribution in [3.63, 3.8) is 0 Å². The molecule has 0 radical (unpaired) electrons. The van der Waals surface area contributed by atoms with Crippen molar-refractivity contribution in [2.75, 3.05) is 11.5 Å². The Morgan fingerprint density at radius 3 is 2.77 bits per heavy atom. The van der Waals surface area contributed by atoms with Gasteiger partial charge in [0.15, 0.2) is 11.6 Å². The molecule has 0 unspecified atom stereocenters. The molecule has 0 spiro atoms. The van der Waals surface area contributed by atoms with Gasteiger partial charge in [-0.2, -0.15) is 0 Å². The van der Waals surface area contributed by atoms with Crippen molar-refractivity contribution < 1.29 is 19.1 Å². The molecule has 26 heavy (non-hydrogen) atoms. The maximum Gasteiger partial charge on any atom is 0.218 e. The molecule has 4 aliphatic rings. The summed E-state index contributed by atoms with van der Waals surface area (Å²) in [6.07, 6.45) is 3.18. The van der Waals surface area contributed by atoms with Crippen molar-refractivity contribution in [3.05, 3.63) is 35.9 Å². The van der Waals surface area contributed by atoms with Gasteiger partial charge < -0.3 is 14.4 Å². The number of fused-ring (bicyclic) bond motifs is 8. The number of hydrogen-bond acceptors (Lipinski definition) is 5. The highest BCUT2D eigenvalue weighted by molar-refractivity contribution is 5.98. The summed E-state index contributed by atoms with van der Waals surface area (Å²) in [5.74, 6) is -0.301. The molecule has 0 N–H and O–H groups in total. The Morgan fingerprint density at radius 1 is 1.23 bits per heavy atom. The highest BCUT2D eigenvalue weighted by atomic mass is 16.7. The summed E-state index contributed by atoms with van der Waals surface area (Å²) >= 11 is 0. The van der Waals surface area contributed by atoms with Gasteiger partial charge in [-0.05, 0) is 11.6 Å². The quantitative estimate of drug-likeness (QED) is 0.776. The molecular weight excluding hydrogens is 330 g/mol. The lowest BCUT2D eigenvalue weighted by Gasteiger charge is -2.38. The minimum absolute atomic E-state index is 0.0213. The molecule has 2 bridgehead atoms.